The Kier molecular flexibility index (Phi) is 6.96. The van der Waals surface area contributed by atoms with Gasteiger partial charge in [0.15, 0.2) is 13.6 Å². The molecule has 31 heavy (non-hydrogen) atoms. The number of Topliss-reactive ketones (excluding diaryl/α,β-unsaturated/α-hetero) is 1. The van der Waals surface area contributed by atoms with Gasteiger partial charge in [-0.1, -0.05) is 37.5 Å². The Balaban J connectivity index is 2.15. The first-order chi connectivity index (χ1) is 14.8. The van der Waals surface area contributed by atoms with Crippen LogP contribution in [0.3, 0.4) is 0 Å². The fraction of sp³-hybridized carbons (Fsp3) is 0.440. The fourth-order valence-electron chi connectivity index (χ4n) is 4.61. The lowest BCUT2D eigenvalue weighted by Crippen LogP contribution is -2.39. The third-order valence-corrected chi connectivity index (χ3v) is 8.27. The van der Waals surface area contributed by atoms with E-state index in [2.05, 4.69) is 0 Å². The van der Waals surface area contributed by atoms with Crippen LogP contribution in [0.15, 0.2) is 30.3 Å². The van der Waals surface area contributed by atoms with E-state index in [1.807, 2.05) is 39.0 Å². The second-order valence-electron chi connectivity index (χ2n) is 8.33. The Morgan fingerprint density at radius 1 is 0.871 bits per heavy atom. The van der Waals surface area contributed by atoms with Gasteiger partial charge in [0.2, 0.25) is 5.52 Å². The van der Waals surface area contributed by atoms with E-state index < -0.39 is 18.5 Å². The van der Waals surface area contributed by atoms with Crippen LogP contribution in [0.25, 0.3) is 0 Å². The summed E-state index contributed by atoms with van der Waals surface area (Å²) in [6, 6.07) is 9.09. The molecule has 0 saturated heterocycles. The number of ether oxygens (including phenoxy) is 2. The van der Waals surface area contributed by atoms with Crippen LogP contribution in [-0.2, 0) is 4.57 Å². The van der Waals surface area contributed by atoms with Gasteiger partial charge in [0, 0.05) is 5.56 Å². The van der Waals surface area contributed by atoms with E-state index in [-0.39, 0.29) is 11.3 Å². The summed E-state index contributed by atoms with van der Waals surface area (Å²) in [4.78, 5) is 27.5. The molecule has 0 amide bonds. The molecule has 1 fully saturated rings. The number of methoxy groups -OCH3 is 2. The van der Waals surface area contributed by atoms with E-state index in [0.717, 1.165) is 36.0 Å². The Bertz CT molecular complexity index is 989. The third kappa shape index (κ3) is 4.16. The normalized spacial score (nSPS) is 15.8. The SMILES string of the molecule is COc1cc(C)cc(OC)c1C(=O)C1([P](=O)C(=O)c2c(C)cccc2C)CCCCC1. The number of rotatable bonds is 7. The van der Waals surface area contributed by atoms with Gasteiger partial charge in [-0.25, -0.2) is 0 Å². The first kappa shape index (κ1) is 23.1. The minimum absolute atomic E-state index is 0.273. The number of aryl methyl sites for hydroxylation is 3. The summed E-state index contributed by atoms with van der Waals surface area (Å²) >= 11 is 0. The van der Waals surface area contributed by atoms with Crippen molar-refractivity contribution in [3.05, 3.63) is 58.1 Å². The molecule has 0 bridgehead atoms. The van der Waals surface area contributed by atoms with Gasteiger partial charge < -0.3 is 9.47 Å². The van der Waals surface area contributed by atoms with Gasteiger partial charge in [0.25, 0.3) is 0 Å². The van der Waals surface area contributed by atoms with Gasteiger partial charge in [-0.2, -0.15) is 0 Å². The fourth-order valence-corrected chi connectivity index (χ4v) is 6.57. The summed E-state index contributed by atoms with van der Waals surface area (Å²) in [6.45, 7) is 5.57. The standard InChI is InChI=1S/C25H30O5P/c1-16-14-19(29-4)22(20(15-16)30-5)23(26)25(12-7-6-8-13-25)31(28)24(27)21-17(2)10-9-11-18(21)3/h9-11,14-15H,6-8,12-13H2,1-5H3. The van der Waals surface area contributed by atoms with Crippen LogP contribution < -0.4 is 9.47 Å². The van der Waals surface area contributed by atoms with E-state index in [1.165, 1.54) is 14.2 Å². The molecule has 1 saturated carbocycles. The zero-order chi connectivity index (χ0) is 22.8. The van der Waals surface area contributed by atoms with Gasteiger partial charge >= 0.3 is 0 Å². The predicted molar refractivity (Wildman–Crippen MR) is 122 cm³/mol. The molecule has 2 aromatic carbocycles. The van der Waals surface area contributed by atoms with Gasteiger partial charge in [0.05, 0.1) is 14.2 Å². The Labute approximate surface area is 184 Å². The lowest BCUT2D eigenvalue weighted by Gasteiger charge is -2.35. The molecule has 1 radical (unpaired) electrons. The van der Waals surface area contributed by atoms with Gasteiger partial charge in [0.1, 0.15) is 22.2 Å². The first-order valence-corrected chi connectivity index (χ1v) is 11.9. The highest BCUT2D eigenvalue weighted by Gasteiger charge is 2.50. The lowest BCUT2D eigenvalue weighted by molar-refractivity contribution is 0.0897. The zero-order valence-corrected chi connectivity index (χ0v) is 19.8. The Morgan fingerprint density at radius 3 is 1.87 bits per heavy atom. The molecule has 165 valence electrons. The van der Waals surface area contributed by atoms with Crippen molar-refractivity contribution in [2.75, 3.05) is 14.2 Å². The minimum atomic E-state index is -2.51. The van der Waals surface area contributed by atoms with Crippen LogP contribution in [0.5, 0.6) is 11.5 Å². The second kappa shape index (κ2) is 9.32. The molecule has 6 heteroatoms. The number of carbonyl (C=O) groups is 2. The molecule has 0 N–H and O–H groups in total. The van der Waals surface area contributed by atoms with Gasteiger partial charge in [-0.15, -0.1) is 0 Å². The van der Waals surface area contributed by atoms with E-state index in [4.69, 9.17) is 9.47 Å². The monoisotopic (exact) mass is 441 g/mol. The van der Waals surface area contributed by atoms with Crippen LogP contribution in [0.1, 0.15) is 69.5 Å². The summed E-state index contributed by atoms with van der Waals surface area (Å²) in [5, 5.41) is -1.25. The Morgan fingerprint density at radius 2 is 1.39 bits per heavy atom. The summed E-state index contributed by atoms with van der Waals surface area (Å²) in [6.07, 6.45) is 3.29. The van der Waals surface area contributed by atoms with Crippen LogP contribution in [-0.4, -0.2) is 30.7 Å². The molecule has 0 heterocycles. The molecular weight excluding hydrogens is 411 g/mol. The Hall–Kier alpha value is -2.52. The number of benzene rings is 2. The van der Waals surface area contributed by atoms with E-state index >= 15 is 0 Å². The average molecular weight is 441 g/mol. The number of carbonyl (C=O) groups excluding carboxylic acids is 2. The minimum Gasteiger partial charge on any atom is -0.496 e. The quantitative estimate of drug-likeness (QED) is 0.379. The summed E-state index contributed by atoms with van der Waals surface area (Å²) in [5.74, 6) is 0.450. The van der Waals surface area contributed by atoms with Crippen molar-refractivity contribution >= 4 is 19.1 Å². The summed E-state index contributed by atoms with van der Waals surface area (Å²) < 4.78 is 24.9. The average Bonchev–Trinajstić information content (AvgIpc) is 2.77. The van der Waals surface area contributed by atoms with E-state index in [0.29, 0.717) is 29.9 Å². The maximum atomic E-state index is 14.0. The lowest BCUT2D eigenvalue weighted by atomic mass is 9.82. The van der Waals surface area contributed by atoms with Crippen LogP contribution >= 0.6 is 7.80 Å². The van der Waals surface area contributed by atoms with Crippen molar-refractivity contribution in [2.24, 2.45) is 0 Å². The molecule has 0 aromatic heterocycles. The summed E-state index contributed by atoms with van der Waals surface area (Å²) in [7, 11) is 0.493. The van der Waals surface area contributed by atoms with Crippen molar-refractivity contribution in [3.63, 3.8) is 0 Å². The molecule has 1 aliphatic rings. The molecule has 1 atom stereocenters. The van der Waals surface area contributed by atoms with E-state index in [9.17, 15) is 14.2 Å². The largest absolute Gasteiger partial charge is 0.496 e. The van der Waals surface area contributed by atoms with Gasteiger partial charge in [-0.05, 0) is 62.4 Å². The molecule has 1 aliphatic carbocycles. The highest BCUT2D eigenvalue weighted by atomic mass is 31.1. The summed E-state index contributed by atoms with van der Waals surface area (Å²) in [5.41, 5.74) is 2.73. The maximum absolute atomic E-state index is 14.0. The van der Waals surface area contributed by atoms with E-state index in [1.54, 1.807) is 12.1 Å². The maximum Gasteiger partial charge on any atom is 0.243 e. The van der Waals surface area contributed by atoms with Crippen molar-refractivity contribution in [1.82, 2.24) is 0 Å². The molecule has 0 spiro atoms. The molecular formula is C25H30O5P. The zero-order valence-electron chi connectivity index (χ0n) is 18.9. The predicted octanol–water partition coefficient (Wildman–Crippen LogP) is 6.18. The number of hydrogen-bond acceptors (Lipinski definition) is 5. The van der Waals surface area contributed by atoms with Crippen molar-refractivity contribution < 1.29 is 23.6 Å². The molecule has 3 rings (SSSR count). The highest BCUT2D eigenvalue weighted by Crippen LogP contribution is 2.54. The van der Waals surface area contributed by atoms with Crippen molar-refractivity contribution in [3.8, 4) is 11.5 Å². The highest BCUT2D eigenvalue weighted by molar-refractivity contribution is 7.67. The first-order valence-electron chi connectivity index (χ1n) is 10.6. The second-order valence-corrected chi connectivity index (χ2v) is 10.2. The van der Waals surface area contributed by atoms with Crippen LogP contribution in [0, 0.1) is 20.8 Å². The van der Waals surface area contributed by atoms with Gasteiger partial charge in [-0.3, -0.25) is 14.2 Å². The number of hydrogen-bond donors (Lipinski definition) is 0. The topological polar surface area (TPSA) is 69.7 Å². The molecule has 0 aliphatic heterocycles. The van der Waals surface area contributed by atoms with Crippen molar-refractivity contribution in [2.45, 2.75) is 58.0 Å². The molecule has 2 aromatic rings. The molecule has 1 unspecified atom stereocenters. The third-order valence-electron chi connectivity index (χ3n) is 6.25. The number of ketones is 1. The van der Waals surface area contributed by atoms with Crippen molar-refractivity contribution in [1.29, 1.82) is 0 Å². The van der Waals surface area contributed by atoms with Crippen LogP contribution in [0.4, 0.5) is 0 Å². The molecule has 5 nitrogen and oxygen atoms in total. The smallest absolute Gasteiger partial charge is 0.243 e. The van der Waals surface area contributed by atoms with Crippen LogP contribution in [0.2, 0.25) is 0 Å².